The number of amidine groups is 1. The van der Waals surface area contributed by atoms with Gasteiger partial charge in [-0.25, -0.2) is 15.0 Å². The Morgan fingerprint density at radius 2 is 1.80 bits per heavy atom. The summed E-state index contributed by atoms with van der Waals surface area (Å²) in [6.45, 7) is 6.10. The molecule has 0 atom stereocenters. The highest BCUT2D eigenvalue weighted by Gasteiger charge is 2.35. The van der Waals surface area contributed by atoms with Crippen molar-refractivity contribution in [3.8, 4) is 5.75 Å². The van der Waals surface area contributed by atoms with Crippen LogP contribution in [0.3, 0.4) is 0 Å². The van der Waals surface area contributed by atoms with E-state index >= 15 is 0 Å². The van der Waals surface area contributed by atoms with Gasteiger partial charge in [0.05, 0.1) is 17.7 Å². The maximum absolute atomic E-state index is 13.1. The monoisotopic (exact) mass is 424 g/mol. The number of hydrazine groups is 1. The first-order valence-electron chi connectivity index (χ1n) is 9.96. The molecule has 2 aromatic carbocycles. The summed E-state index contributed by atoms with van der Waals surface area (Å²) in [7, 11) is 5.32. The fourth-order valence-electron chi connectivity index (χ4n) is 3.25. The lowest BCUT2D eigenvalue weighted by atomic mass is 10.1. The Morgan fingerprint density at radius 3 is 2.40 bits per heavy atom. The average Bonchev–Trinajstić information content (AvgIpc) is 3.05. The first-order valence-corrected chi connectivity index (χ1v) is 10.8. The quantitative estimate of drug-likeness (QED) is 0.607. The highest BCUT2D eigenvalue weighted by Crippen LogP contribution is 2.36. The largest absolute Gasteiger partial charge is 0.496 e. The fraction of sp³-hybridized carbons (Fsp3) is 0.304. The molecule has 1 amide bonds. The molecule has 30 heavy (non-hydrogen) atoms. The van der Waals surface area contributed by atoms with Crippen molar-refractivity contribution < 1.29 is 9.53 Å². The van der Waals surface area contributed by atoms with Gasteiger partial charge in [-0.3, -0.25) is 4.79 Å². The number of carbonyl (C=O) groups is 1. The number of methoxy groups -OCH3 is 1. The SMILES string of the molecule is CCN(CC)c1ccc(C=C2SC(=Nc3ccccc3)N(N(C)C)C2=O)c(OC)c1. The minimum Gasteiger partial charge on any atom is -0.496 e. The molecule has 1 fully saturated rings. The van der Waals surface area contributed by atoms with Crippen LogP contribution in [0.5, 0.6) is 5.75 Å². The van der Waals surface area contributed by atoms with Crippen molar-refractivity contribution >= 4 is 40.3 Å². The van der Waals surface area contributed by atoms with Crippen molar-refractivity contribution in [2.45, 2.75) is 13.8 Å². The number of amides is 1. The summed E-state index contributed by atoms with van der Waals surface area (Å²) in [4.78, 5) is 20.6. The second-order valence-electron chi connectivity index (χ2n) is 6.90. The van der Waals surface area contributed by atoms with Crippen molar-refractivity contribution in [2.75, 3.05) is 39.2 Å². The van der Waals surface area contributed by atoms with E-state index in [9.17, 15) is 4.79 Å². The van der Waals surface area contributed by atoms with Gasteiger partial charge in [-0.2, -0.15) is 0 Å². The number of anilines is 1. The van der Waals surface area contributed by atoms with E-state index in [0.717, 1.165) is 35.8 Å². The third-order valence-electron chi connectivity index (χ3n) is 4.80. The molecular weight excluding hydrogens is 396 g/mol. The van der Waals surface area contributed by atoms with Crippen molar-refractivity contribution in [2.24, 2.45) is 4.99 Å². The maximum Gasteiger partial charge on any atom is 0.281 e. The van der Waals surface area contributed by atoms with E-state index in [4.69, 9.17) is 4.74 Å². The van der Waals surface area contributed by atoms with Crippen molar-refractivity contribution in [3.05, 3.63) is 59.0 Å². The van der Waals surface area contributed by atoms with Gasteiger partial charge in [0.15, 0.2) is 5.17 Å². The van der Waals surface area contributed by atoms with Crippen LogP contribution in [-0.2, 0) is 4.79 Å². The van der Waals surface area contributed by atoms with E-state index in [1.807, 2.05) is 62.6 Å². The summed E-state index contributed by atoms with van der Waals surface area (Å²) in [5.74, 6) is 0.639. The minimum absolute atomic E-state index is 0.102. The Balaban J connectivity index is 1.97. The van der Waals surface area contributed by atoms with E-state index in [1.165, 1.54) is 11.8 Å². The van der Waals surface area contributed by atoms with E-state index in [0.29, 0.717) is 10.1 Å². The highest BCUT2D eigenvalue weighted by molar-refractivity contribution is 8.18. The standard InChI is InChI=1S/C23H28N4O2S/c1-6-26(7-2)19-14-13-17(20(16-19)29-5)15-21-22(28)27(25(3)4)23(30-21)24-18-11-9-8-10-12-18/h8-16H,6-7H2,1-5H3. The topological polar surface area (TPSA) is 48.4 Å². The van der Waals surface area contributed by atoms with Crippen LogP contribution >= 0.6 is 11.8 Å². The normalized spacial score (nSPS) is 16.7. The van der Waals surface area contributed by atoms with Crippen LogP contribution < -0.4 is 9.64 Å². The first kappa shape index (κ1) is 21.9. The number of nitrogens with zero attached hydrogens (tertiary/aromatic N) is 4. The Labute approximate surface area is 182 Å². The zero-order valence-electron chi connectivity index (χ0n) is 18.1. The number of benzene rings is 2. The van der Waals surface area contributed by atoms with Gasteiger partial charge in [-0.1, -0.05) is 18.2 Å². The van der Waals surface area contributed by atoms with Crippen LogP contribution in [0.15, 0.2) is 58.4 Å². The lowest BCUT2D eigenvalue weighted by Crippen LogP contribution is -2.40. The van der Waals surface area contributed by atoms with Gasteiger partial charge in [0, 0.05) is 44.5 Å². The smallest absolute Gasteiger partial charge is 0.281 e. The minimum atomic E-state index is -0.102. The molecule has 0 saturated carbocycles. The second-order valence-corrected chi connectivity index (χ2v) is 7.91. The van der Waals surface area contributed by atoms with Gasteiger partial charge in [-0.05, 0) is 56.0 Å². The molecule has 0 unspecified atom stereocenters. The van der Waals surface area contributed by atoms with Crippen LogP contribution in [0.2, 0.25) is 0 Å². The molecule has 1 aliphatic rings. The zero-order chi connectivity index (χ0) is 21.7. The van der Waals surface area contributed by atoms with E-state index in [2.05, 4.69) is 29.8 Å². The molecule has 0 spiro atoms. The molecule has 7 heteroatoms. The van der Waals surface area contributed by atoms with Gasteiger partial charge in [-0.15, -0.1) is 0 Å². The third kappa shape index (κ3) is 4.68. The van der Waals surface area contributed by atoms with Gasteiger partial charge in [0.2, 0.25) is 0 Å². The number of carbonyl (C=O) groups excluding carboxylic acids is 1. The van der Waals surface area contributed by atoms with Gasteiger partial charge < -0.3 is 9.64 Å². The van der Waals surface area contributed by atoms with Crippen LogP contribution in [0.25, 0.3) is 6.08 Å². The lowest BCUT2D eigenvalue weighted by Gasteiger charge is -2.22. The van der Waals surface area contributed by atoms with Crippen molar-refractivity contribution in [3.63, 3.8) is 0 Å². The van der Waals surface area contributed by atoms with Gasteiger partial charge in [0.1, 0.15) is 5.75 Å². The molecule has 0 N–H and O–H groups in total. The van der Waals surface area contributed by atoms with Crippen LogP contribution in [0, 0.1) is 0 Å². The molecule has 0 aliphatic carbocycles. The van der Waals surface area contributed by atoms with Crippen LogP contribution in [0.1, 0.15) is 19.4 Å². The zero-order valence-corrected chi connectivity index (χ0v) is 18.9. The number of ether oxygens (including phenoxy) is 1. The molecule has 0 radical (unpaired) electrons. The number of aliphatic imine (C=N–C) groups is 1. The fourth-order valence-corrected chi connectivity index (χ4v) is 4.29. The van der Waals surface area contributed by atoms with Crippen molar-refractivity contribution in [1.82, 2.24) is 10.0 Å². The summed E-state index contributed by atoms with van der Waals surface area (Å²) in [5.41, 5.74) is 2.77. The number of para-hydroxylation sites is 1. The predicted octanol–water partition coefficient (Wildman–Crippen LogP) is 4.62. The summed E-state index contributed by atoms with van der Waals surface area (Å²) in [5, 5.41) is 3.96. The van der Waals surface area contributed by atoms with Gasteiger partial charge in [0.25, 0.3) is 5.91 Å². The highest BCUT2D eigenvalue weighted by atomic mass is 32.2. The Kier molecular flexibility index (Phi) is 7.18. The second kappa shape index (κ2) is 9.82. The molecule has 158 valence electrons. The summed E-state index contributed by atoms with van der Waals surface area (Å²) >= 11 is 1.36. The molecule has 0 aromatic heterocycles. The molecular formula is C23H28N4O2S. The first-order chi connectivity index (χ1) is 14.5. The molecule has 1 heterocycles. The molecule has 3 rings (SSSR count). The molecule has 1 saturated heterocycles. The Hall–Kier alpha value is -2.77. The third-order valence-corrected chi connectivity index (χ3v) is 5.76. The van der Waals surface area contributed by atoms with Crippen molar-refractivity contribution in [1.29, 1.82) is 0 Å². The molecule has 2 aromatic rings. The molecule has 6 nitrogen and oxygen atoms in total. The summed E-state index contributed by atoms with van der Waals surface area (Å²) in [6.07, 6.45) is 1.88. The summed E-state index contributed by atoms with van der Waals surface area (Å²) < 4.78 is 5.62. The number of rotatable bonds is 7. The number of hydrogen-bond donors (Lipinski definition) is 0. The molecule has 0 bridgehead atoms. The molecule has 1 aliphatic heterocycles. The van der Waals surface area contributed by atoms with E-state index in [1.54, 1.807) is 17.1 Å². The maximum atomic E-state index is 13.1. The van der Waals surface area contributed by atoms with E-state index in [-0.39, 0.29) is 5.91 Å². The van der Waals surface area contributed by atoms with Crippen LogP contribution in [-0.4, -0.2) is 55.4 Å². The number of thioether (sulfide) groups is 1. The lowest BCUT2D eigenvalue weighted by molar-refractivity contribution is -0.130. The van der Waals surface area contributed by atoms with Crippen LogP contribution in [0.4, 0.5) is 11.4 Å². The Morgan fingerprint density at radius 1 is 1.10 bits per heavy atom. The number of hydrogen-bond acceptors (Lipinski definition) is 6. The Bertz CT molecular complexity index is 953. The summed E-state index contributed by atoms with van der Waals surface area (Å²) in [6, 6.07) is 15.7. The van der Waals surface area contributed by atoms with E-state index < -0.39 is 0 Å². The predicted molar refractivity (Wildman–Crippen MR) is 126 cm³/mol. The van der Waals surface area contributed by atoms with Gasteiger partial charge >= 0.3 is 0 Å². The average molecular weight is 425 g/mol.